The molecule has 0 aliphatic carbocycles. The molecule has 0 atom stereocenters. The summed E-state index contributed by atoms with van der Waals surface area (Å²) in [6.07, 6.45) is 0. The Balaban J connectivity index is 1.84. The summed E-state index contributed by atoms with van der Waals surface area (Å²) in [6, 6.07) is 13.2. The fourth-order valence-corrected chi connectivity index (χ4v) is 2.59. The molecule has 0 fully saturated rings. The van der Waals surface area contributed by atoms with Crippen LogP contribution in [0.5, 0.6) is 5.75 Å². The van der Waals surface area contributed by atoms with Crippen molar-refractivity contribution in [3.63, 3.8) is 0 Å². The van der Waals surface area contributed by atoms with Gasteiger partial charge in [0.1, 0.15) is 12.4 Å². The molecule has 0 bridgehead atoms. The average molecular weight is 298 g/mol. The zero-order valence-electron chi connectivity index (χ0n) is 12.4. The topological polar surface area (TPSA) is 64.8 Å². The van der Waals surface area contributed by atoms with Crippen molar-refractivity contribution in [2.45, 2.75) is 6.54 Å². The summed E-state index contributed by atoms with van der Waals surface area (Å²) in [5.41, 5.74) is 9.11. The molecule has 1 aliphatic rings. The number of hydrogen-bond donors (Lipinski definition) is 1. The van der Waals surface area contributed by atoms with E-state index in [9.17, 15) is 4.79 Å². The maximum Gasteiger partial charge on any atom is 0.337 e. The lowest BCUT2D eigenvalue weighted by Crippen LogP contribution is -2.32. The third-order valence-electron chi connectivity index (χ3n) is 3.66. The first kappa shape index (κ1) is 14.3. The van der Waals surface area contributed by atoms with Crippen molar-refractivity contribution >= 4 is 17.3 Å². The van der Waals surface area contributed by atoms with Gasteiger partial charge >= 0.3 is 5.97 Å². The summed E-state index contributed by atoms with van der Waals surface area (Å²) in [7, 11) is 1.39. The number of nitrogens with zero attached hydrogens (tertiary/aromatic N) is 1. The third kappa shape index (κ3) is 2.83. The number of benzene rings is 2. The molecule has 0 aromatic heterocycles. The summed E-state index contributed by atoms with van der Waals surface area (Å²) in [5.74, 6) is 0.479. The van der Waals surface area contributed by atoms with E-state index in [4.69, 9.17) is 15.2 Å². The smallest absolute Gasteiger partial charge is 0.337 e. The van der Waals surface area contributed by atoms with Gasteiger partial charge < -0.3 is 20.1 Å². The Morgan fingerprint density at radius 2 is 2.18 bits per heavy atom. The van der Waals surface area contributed by atoms with Gasteiger partial charge in [0.15, 0.2) is 0 Å². The van der Waals surface area contributed by atoms with Crippen LogP contribution in [0.4, 0.5) is 11.4 Å². The van der Waals surface area contributed by atoms with Gasteiger partial charge in [-0.3, -0.25) is 0 Å². The highest BCUT2D eigenvalue weighted by Gasteiger charge is 2.18. The minimum absolute atomic E-state index is 0.322. The molecule has 2 aromatic rings. The standard InChI is InChI=1S/C17H18N2O3/c1-21-17(20)13-4-2-3-12(9-13)11-19-7-8-22-16-10-14(18)5-6-15(16)19/h2-6,9-10H,7-8,11,18H2,1H3. The lowest BCUT2D eigenvalue weighted by molar-refractivity contribution is 0.0600. The van der Waals surface area contributed by atoms with Gasteiger partial charge in [0, 0.05) is 18.3 Å². The summed E-state index contributed by atoms with van der Waals surface area (Å²) < 4.78 is 10.4. The summed E-state index contributed by atoms with van der Waals surface area (Å²) in [4.78, 5) is 13.8. The molecule has 0 amide bonds. The SMILES string of the molecule is COC(=O)c1cccc(CN2CCOc3cc(N)ccc32)c1. The Bertz CT molecular complexity index is 700. The zero-order chi connectivity index (χ0) is 15.5. The van der Waals surface area contributed by atoms with Gasteiger partial charge in [0.25, 0.3) is 0 Å². The molecule has 3 rings (SSSR count). The zero-order valence-corrected chi connectivity index (χ0v) is 12.4. The van der Waals surface area contributed by atoms with E-state index in [0.29, 0.717) is 24.4 Å². The molecule has 0 saturated heterocycles. The van der Waals surface area contributed by atoms with Crippen molar-refractivity contribution in [2.24, 2.45) is 0 Å². The van der Waals surface area contributed by atoms with Gasteiger partial charge in [0.2, 0.25) is 0 Å². The van der Waals surface area contributed by atoms with Crippen molar-refractivity contribution in [1.82, 2.24) is 0 Å². The van der Waals surface area contributed by atoms with Crippen molar-refractivity contribution in [3.8, 4) is 5.75 Å². The lowest BCUT2D eigenvalue weighted by atomic mass is 10.1. The predicted molar refractivity (Wildman–Crippen MR) is 85.2 cm³/mol. The molecule has 1 heterocycles. The molecule has 0 unspecified atom stereocenters. The van der Waals surface area contributed by atoms with E-state index >= 15 is 0 Å². The monoisotopic (exact) mass is 298 g/mol. The van der Waals surface area contributed by atoms with Crippen LogP contribution in [0, 0.1) is 0 Å². The number of anilines is 2. The fraction of sp³-hybridized carbons (Fsp3) is 0.235. The Kier molecular flexibility index (Phi) is 3.87. The summed E-state index contributed by atoms with van der Waals surface area (Å²) >= 11 is 0. The molecule has 5 heteroatoms. The molecule has 0 saturated carbocycles. The van der Waals surface area contributed by atoms with Crippen molar-refractivity contribution in [1.29, 1.82) is 0 Å². The van der Waals surface area contributed by atoms with Gasteiger partial charge in [0.05, 0.1) is 24.9 Å². The minimum Gasteiger partial charge on any atom is -0.489 e. The number of nitrogens with two attached hydrogens (primary N) is 1. The molecule has 1 aliphatic heterocycles. The molecule has 2 aromatic carbocycles. The van der Waals surface area contributed by atoms with Gasteiger partial charge in [-0.15, -0.1) is 0 Å². The van der Waals surface area contributed by atoms with E-state index in [1.54, 1.807) is 6.07 Å². The molecule has 5 nitrogen and oxygen atoms in total. The fourth-order valence-electron chi connectivity index (χ4n) is 2.59. The lowest BCUT2D eigenvalue weighted by Gasteiger charge is -2.31. The van der Waals surface area contributed by atoms with Crippen LogP contribution < -0.4 is 15.4 Å². The number of hydrogen-bond acceptors (Lipinski definition) is 5. The largest absolute Gasteiger partial charge is 0.489 e. The highest BCUT2D eigenvalue weighted by molar-refractivity contribution is 5.89. The summed E-state index contributed by atoms with van der Waals surface area (Å²) in [5, 5.41) is 0. The van der Waals surface area contributed by atoms with E-state index in [1.165, 1.54) is 7.11 Å². The average Bonchev–Trinajstić information content (AvgIpc) is 2.54. The number of ether oxygens (including phenoxy) is 2. The highest BCUT2D eigenvalue weighted by Crippen LogP contribution is 2.34. The van der Waals surface area contributed by atoms with Gasteiger partial charge in [-0.05, 0) is 29.8 Å². The normalized spacial score (nSPS) is 13.2. The second kappa shape index (κ2) is 5.97. The number of fused-ring (bicyclic) bond motifs is 1. The van der Waals surface area contributed by atoms with Crippen molar-refractivity contribution in [3.05, 3.63) is 53.6 Å². The second-order valence-electron chi connectivity index (χ2n) is 5.19. The first-order valence-electron chi connectivity index (χ1n) is 7.12. The Morgan fingerprint density at radius 1 is 1.32 bits per heavy atom. The van der Waals surface area contributed by atoms with Gasteiger partial charge in [-0.1, -0.05) is 12.1 Å². The van der Waals surface area contributed by atoms with Gasteiger partial charge in [-0.25, -0.2) is 4.79 Å². The van der Waals surface area contributed by atoms with E-state index in [0.717, 1.165) is 23.5 Å². The molecule has 2 N–H and O–H groups in total. The Hall–Kier alpha value is -2.69. The second-order valence-corrected chi connectivity index (χ2v) is 5.19. The van der Waals surface area contributed by atoms with E-state index in [-0.39, 0.29) is 5.97 Å². The van der Waals surface area contributed by atoms with Crippen molar-refractivity contribution < 1.29 is 14.3 Å². The maximum atomic E-state index is 11.6. The first-order valence-corrected chi connectivity index (χ1v) is 7.12. The quantitative estimate of drug-likeness (QED) is 0.696. The Morgan fingerprint density at radius 3 is 3.00 bits per heavy atom. The van der Waals surface area contributed by atoms with Crippen LogP contribution in [0.2, 0.25) is 0 Å². The van der Waals surface area contributed by atoms with Crippen LogP contribution in [-0.2, 0) is 11.3 Å². The molecule has 0 spiro atoms. The minimum atomic E-state index is -0.322. The summed E-state index contributed by atoms with van der Waals surface area (Å²) in [6.45, 7) is 2.11. The van der Waals surface area contributed by atoms with E-state index in [2.05, 4.69) is 4.90 Å². The molecule has 114 valence electrons. The van der Waals surface area contributed by atoms with Gasteiger partial charge in [-0.2, -0.15) is 0 Å². The molecular weight excluding hydrogens is 280 g/mol. The van der Waals surface area contributed by atoms with Crippen LogP contribution in [0.15, 0.2) is 42.5 Å². The molecule has 22 heavy (non-hydrogen) atoms. The third-order valence-corrected chi connectivity index (χ3v) is 3.66. The van der Waals surface area contributed by atoms with E-state index in [1.807, 2.05) is 36.4 Å². The molecule has 0 radical (unpaired) electrons. The van der Waals surface area contributed by atoms with Crippen LogP contribution in [-0.4, -0.2) is 26.2 Å². The Labute approximate surface area is 129 Å². The number of carbonyl (C=O) groups is 1. The van der Waals surface area contributed by atoms with Crippen LogP contribution >= 0.6 is 0 Å². The number of nitrogen functional groups attached to an aromatic ring is 1. The van der Waals surface area contributed by atoms with E-state index < -0.39 is 0 Å². The van der Waals surface area contributed by atoms with Crippen LogP contribution in [0.3, 0.4) is 0 Å². The van der Waals surface area contributed by atoms with Crippen molar-refractivity contribution in [2.75, 3.05) is 30.9 Å². The van der Waals surface area contributed by atoms with Crippen LogP contribution in [0.1, 0.15) is 15.9 Å². The number of rotatable bonds is 3. The maximum absolute atomic E-state index is 11.6. The van der Waals surface area contributed by atoms with Crippen LogP contribution in [0.25, 0.3) is 0 Å². The number of carbonyl (C=O) groups excluding carboxylic acids is 1. The molecular formula is C17H18N2O3. The highest BCUT2D eigenvalue weighted by atomic mass is 16.5. The number of methoxy groups -OCH3 is 1. The first-order chi connectivity index (χ1) is 10.7. The predicted octanol–water partition coefficient (Wildman–Crippen LogP) is 2.45. The number of esters is 1.